The molecule has 1 saturated carbocycles. The number of hydrogen-bond acceptors (Lipinski definition) is 2. The Morgan fingerprint density at radius 3 is 2.75 bits per heavy atom. The molecular formula is C10H10N2. The van der Waals surface area contributed by atoms with Gasteiger partial charge in [0.15, 0.2) is 0 Å². The van der Waals surface area contributed by atoms with E-state index in [1.54, 1.807) is 12.4 Å². The highest BCUT2D eigenvalue weighted by Crippen LogP contribution is 2.58. The first-order chi connectivity index (χ1) is 5.76. The smallest absolute Gasteiger partial charge is 0.0693 e. The molecule has 0 spiro atoms. The van der Waals surface area contributed by atoms with Crippen LogP contribution in [0.3, 0.4) is 0 Å². The molecule has 1 aromatic rings. The van der Waals surface area contributed by atoms with Gasteiger partial charge in [0.2, 0.25) is 0 Å². The molecule has 0 amide bonds. The van der Waals surface area contributed by atoms with Crippen molar-refractivity contribution in [3.63, 3.8) is 0 Å². The molecule has 0 N–H and O–H groups in total. The Balaban J connectivity index is 2.23. The number of aromatic nitrogens is 1. The molecule has 1 heterocycles. The Morgan fingerprint density at radius 2 is 2.25 bits per heavy atom. The lowest BCUT2D eigenvalue weighted by Crippen LogP contribution is -1.92. The van der Waals surface area contributed by atoms with E-state index in [1.165, 1.54) is 5.56 Å². The van der Waals surface area contributed by atoms with Crippen LogP contribution in [0, 0.1) is 16.7 Å². The average Bonchev–Trinajstić information content (AvgIpc) is 2.81. The van der Waals surface area contributed by atoms with E-state index in [0.717, 1.165) is 6.42 Å². The molecule has 1 aliphatic rings. The lowest BCUT2D eigenvalue weighted by molar-refractivity contribution is 0.727. The quantitative estimate of drug-likeness (QED) is 0.627. The fourth-order valence-corrected chi connectivity index (χ4v) is 1.57. The summed E-state index contributed by atoms with van der Waals surface area (Å²) in [7, 11) is 0. The summed E-state index contributed by atoms with van der Waals surface area (Å²) in [5.74, 6) is 0.436. The molecule has 0 saturated heterocycles. The van der Waals surface area contributed by atoms with Crippen molar-refractivity contribution in [3.8, 4) is 6.07 Å². The summed E-state index contributed by atoms with van der Waals surface area (Å²) in [4.78, 5) is 3.95. The van der Waals surface area contributed by atoms with E-state index in [2.05, 4.69) is 11.1 Å². The maximum absolute atomic E-state index is 8.83. The lowest BCUT2D eigenvalue weighted by atomic mass is 10.0. The minimum atomic E-state index is -0.110. The third-order valence-corrected chi connectivity index (χ3v) is 2.60. The zero-order valence-electron chi connectivity index (χ0n) is 6.99. The Bertz CT molecular complexity index is 325. The van der Waals surface area contributed by atoms with Gasteiger partial charge in [-0.05, 0) is 31.0 Å². The van der Waals surface area contributed by atoms with Crippen LogP contribution in [0.5, 0.6) is 0 Å². The van der Waals surface area contributed by atoms with E-state index in [-0.39, 0.29) is 5.41 Å². The largest absolute Gasteiger partial charge is 0.265 e. The van der Waals surface area contributed by atoms with Gasteiger partial charge in [-0.3, -0.25) is 4.98 Å². The van der Waals surface area contributed by atoms with Crippen molar-refractivity contribution in [2.45, 2.75) is 19.3 Å². The maximum atomic E-state index is 8.83. The molecular weight excluding hydrogens is 148 g/mol. The van der Waals surface area contributed by atoms with Crippen LogP contribution < -0.4 is 0 Å². The van der Waals surface area contributed by atoms with Crippen LogP contribution >= 0.6 is 0 Å². The van der Waals surface area contributed by atoms with Gasteiger partial charge in [0.05, 0.1) is 11.5 Å². The molecule has 60 valence electrons. The summed E-state index contributed by atoms with van der Waals surface area (Å²) >= 11 is 0. The summed E-state index contributed by atoms with van der Waals surface area (Å²) in [6.45, 7) is 2.01. The van der Waals surface area contributed by atoms with Crippen LogP contribution in [-0.4, -0.2) is 4.98 Å². The van der Waals surface area contributed by atoms with Gasteiger partial charge in [0.25, 0.3) is 0 Å². The van der Waals surface area contributed by atoms with Crippen molar-refractivity contribution in [1.29, 1.82) is 5.26 Å². The van der Waals surface area contributed by atoms with E-state index >= 15 is 0 Å². The minimum absolute atomic E-state index is 0.110. The van der Waals surface area contributed by atoms with Crippen LogP contribution in [0.1, 0.15) is 24.8 Å². The highest BCUT2D eigenvalue weighted by molar-refractivity contribution is 5.32. The van der Waals surface area contributed by atoms with Crippen molar-refractivity contribution in [3.05, 3.63) is 30.1 Å². The van der Waals surface area contributed by atoms with Gasteiger partial charge in [-0.1, -0.05) is 0 Å². The van der Waals surface area contributed by atoms with Crippen molar-refractivity contribution >= 4 is 0 Å². The Labute approximate surface area is 71.9 Å². The van der Waals surface area contributed by atoms with E-state index < -0.39 is 0 Å². The number of nitrogens with zero attached hydrogens (tertiary/aromatic N) is 2. The van der Waals surface area contributed by atoms with E-state index in [4.69, 9.17) is 5.26 Å². The molecule has 0 bridgehead atoms. The van der Waals surface area contributed by atoms with Gasteiger partial charge >= 0.3 is 0 Å². The summed E-state index contributed by atoms with van der Waals surface area (Å²) in [5.41, 5.74) is 1.13. The van der Waals surface area contributed by atoms with Crippen LogP contribution in [0.25, 0.3) is 0 Å². The Kier molecular flexibility index (Phi) is 1.41. The summed E-state index contributed by atoms with van der Waals surface area (Å²) in [6, 6.07) is 6.33. The van der Waals surface area contributed by atoms with E-state index in [1.807, 2.05) is 19.1 Å². The SMILES string of the molecule is CC1(C#N)CC1c1ccncc1. The second kappa shape index (κ2) is 2.31. The van der Waals surface area contributed by atoms with Crippen LogP contribution in [-0.2, 0) is 0 Å². The van der Waals surface area contributed by atoms with E-state index in [9.17, 15) is 0 Å². The fraction of sp³-hybridized carbons (Fsp3) is 0.400. The molecule has 2 unspecified atom stereocenters. The van der Waals surface area contributed by atoms with Crippen molar-refractivity contribution in [2.24, 2.45) is 5.41 Å². The van der Waals surface area contributed by atoms with Crippen LogP contribution in [0.2, 0.25) is 0 Å². The summed E-state index contributed by atoms with van der Waals surface area (Å²) in [6.07, 6.45) is 4.56. The zero-order valence-corrected chi connectivity index (χ0v) is 6.99. The number of hydrogen-bond donors (Lipinski definition) is 0. The average molecular weight is 158 g/mol. The van der Waals surface area contributed by atoms with Crippen molar-refractivity contribution in [1.82, 2.24) is 4.98 Å². The standard InChI is InChI=1S/C10H10N2/c1-10(7-11)6-9(10)8-2-4-12-5-3-8/h2-5,9H,6H2,1H3. The summed E-state index contributed by atoms with van der Waals surface area (Å²) in [5, 5.41) is 8.83. The first-order valence-electron chi connectivity index (χ1n) is 4.07. The Morgan fingerprint density at radius 1 is 1.58 bits per heavy atom. The molecule has 0 radical (unpaired) electrons. The third kappa shape index (κ3) is 0.984. The van der Waals surface area contributed by atoms with Crippen LogP contribution in [0.4, 0.5) is 0 Å². The molecule has 0 aliphatic heterocycles. The van der Waals surface area contributed by atoms with Gasteiger partial charge < -0.3 is 0 Å². The second-order valence-corrected chi connectivity index (χ2v) is 3.57. The second-order valence-electron chi connectivity index (χ2n) is 3.57. The normalized spacial score (nSPS) is 32.5. The monoisotopic (exact) mass is 158 g/mol. The number of pyridine rings is 1. The molecule has 1 aromatic heterocycles. The molecule has 1 fully saturated rings. The lowest BCUT2D eigenvalue weighted by Gasteiger charge is -1.99. The number of nitriles is 1. The molecule has 1 aliphatic carbocycles. The molecule has 2 rings (SSSR count). The first-order valence-corrected chi connectivity index (χ1v) is 4.07. The predicted molar refractivity (Wildman–Crippen MR) is 45.3 cm³/mol. The Hall–Kier alpha value is -1.36. The van der Waals surface area contributed by atoms with Gasteiger partial charge in [0, 0.05) is 18.3 Å². The van der Waals surface area contributed by atoms with Gasteiger partial charge in [-0.25, -0.2) is 0 Å². The van der Waals surface area contributed by atoms with Gasteiger partial charge in [0.1, 0.15) is 0 Å². The van der Waals surface area contributed by atoms with Crippen LogP contribution in [0.15, 0.2) is 24.5 Å². The minimum Gasteiger partial charge on any atom is -0.265 e. The van der Waals surface area contributed by atoms with Gasteiger partial charge in [-0.2, -0.15) is 5.26 Å². The number of rotatable bonds is 1. The van der Waals surface area contributed by atoms with Crippen molar-refractivity contribution < 1.29 is 0 Å². The fourth-order valence-electron chi connectivity index (χ4n) is 1.57. The van der Waals surface area contributed by atoms with Gasteiger partial charge in [-0.15, -0.1) is 0 Å². The maximum Gasteiger partial charge on any atom is 0.0693 e. The topological polar surface area (TPSA) is 36.7 Å². The molecule has 12 heavy (non-hydrogen) atoms. The third-order valence-electron chi connectivity index (χ3n) is 2.60. The first kappa shape index (κ1) is 7.30. The predicted octanol–water partition coefficient (Wildman–Crippen LogP) is 2.10. The molecule has 2 heteroatoms. The van der Waals surface area contributed by atoms with E-state index in [0.29, 0.717) is 5.92 Å². The molecule has 0 aromatic carbocycles. The molecule has 2 nitrogen and oxygen atoms in total. The highest BCUT2D eigenvalue weighted by Gasteiger charge is 2.51. The van der Waals surface area contributed by atoms with Crippen molar-refractivity contribution in [2.75, 3.05) is 0 Å². The highest BCUT2D eigenvalue weighted by atomic mass is 14.6. The molecule has 2 atom stereocenters. The zero-order chi connectivity index (χ0) is 8.60. The summed E-state index contributed by atoms with van der Waals surface area (Å²) < 4.78 is 0.